The quantitative estimate of drug-likeness (QED) is 0.804. The number of aromatic nitrogens is 1. The lowest BCUT2D eigenvalue weighted by molar-refractivity contribution is -0.129. The lowest BCUT2D eigenvalue weighted by Gasteiger charge is -2.11. The molecule has 1 amide bonds. The Morgan fingerprint density at radius 1 is 1.42 bits per heavy atom. The van der Waals surface area contributed by atoms with Crippen LogP contribution in [0.1, 0.15) is 23.1 Å². The first kappa shape index (κ1) is 12.6. The summed E-state index contributed by atoms with van der Waals surface area (Å²) in [4.78, 5) is 19.0. The summed E-state index contributed by atoms with van der Waals surface area (Å²) in [6, 6.07) is 5.87. The molecule has 98 valence electrons. The molecule has 0 saturated carbocycles. The first-order valence-corrected chi connectivity index (χ1v) is 7.25. The number of carbonyl (C=O) groups is 1. The number of carbonyl (C=O) groups excluding carboxylic acids is 1. The van der Waals surface area contributed by atoms with Gasteiger partial charge in [0.2, 0.25) is 5.91 Å². The summed E-state index contributed by atoms with van der Waals surface area (Å²) in [5.74, 6) is 0.102. The van der Waals surface area contributed by atoms with Crippen molar-refractivity contribution in [3.05, 3.63) is 39.4 Å². The molecule has 3 nitrogen and oxygen atoms in total. The standard InChI is InChI=1S/C14H13ClN2OS/c1-8-10(4-3-5-11(8)15)14-16-12-6-17(9(2)18)7-13(12)19-14/h3-5H,6-7H2,1-2H3. The number of fused-ring (bicyclic) bond motifs is 1. The van der Waals surface area contributed by atoms with Gasteiger partial charge in [0.15, 0.2) is 0 Å². The van der Waals surface area contributed by atoms with Crippen molar-refractivity contribution in [2.45, 2.75) is 26.9 Å². The molecule has 0 N–H and O–H groups in total. The first-order chi connectivity index (χ1) is 9.06. The van der Waals surface area contributed by atoms with E-state index in [1.54, 1.807) is 18.3 Å². The highest BCUT2D eigenvalue weighted by Gasteiger charge is 2.25. The van der Waals surface area contributed by atoms with Gasteiger partial charge in [-0.3, -0.25) is 4.79 Å². The van der Waals surface area contributed by atoms with Crippen LogP contribution in [0.5, 0.6) is 0 Å². The summed E-state index contributed by atoms with van der Waals surface area (Å²) in [6.45, 7) is 4.91. The molecule has 19 heavy (non-hydrogen) atoms. The fraction of sp³-hybridized carbons (Fsp3) is 0.286. The summed E-state index contributed by atoms with van der Waals surface area (Å²) >= 11 is 7.80. The van der Waals surface area contributed by atoms with Crippen LogP contribution in [0.4, 0.5) is 0 Å². The number of hydrogen-bond acceptors (Lipinski definition) is 3. The van der Waals surface area contributed by atoms with E-state index in [0.717, 1.165) is 26.9 Å². The Labute approximate surface area is 120 Å². The molecular formula is C14H13ClN2OS. The summed E-state index contributed by atoms with van der Waals surface area (Å²) in [7, 11) is 0. The molecule has 0 spiro atoms. The molecule has 2 aromatic rings. The van der Waals surface area contributed by atoms with Crippen LogP contribution in [-0.2, 0) is 17.9 Å². The second-order valence-corrected chi connectivity index (χ2v) is 6.17. The monoisotopic (exact) mass is 292 g/mol. The van der Waals surface area contributed by atoms with Gasteiger partial charge in [-0.25, -0.2) is 4.98 Å². The van der Waals surface area contributed by atoms with Gasteiger partial charge in [0.05, 0.1) is 18.8 Å². The number of amides is 1. The molecule has 1 aliphatic rings. The molecule has 1 aromatic heterocycles. The smallest absolute Gasteiger partial charge is 0.220 e. The van der Waals surface area contributed by atoms with Crippen molar-refractivity contribution in [2.24, 2.45) is 0 Å². The maximum Gasteiger partial charge on any atom is 0.220 e. The van der Waals surface area contributed by atoms with Crippen LogP contribution in [0.15, 0.2) is 18.2 Å². The third-order valence-electron chi connectivity index (χ3n) is 3.40. The molecular weight excluding hydrogens is 280 g/mol. The van der Waals surface area contributed by atoms with Crippen molar-refractivity contribution in [1.29, 1.82) is 0 Å². The second-order valence-electron chi connectivity index (χ2n) is 4.68. The van der Waals surface area contributed by atoms with E-state index < -0.39 is 0 Å². The zero-order valence-electron chi connectivity index (χ0n) is 10.7. The summed E-state index contributed by atoms with van der Waals surface area (Å²) in [6.07, 6.45) is 0. The summed E-state index contributed by atoms with van der Waals surface area (Å²) in [5, 5.41) is 1.76. The highest BCUT2D eigenvalue weighted by Crippen LogP contribution is 2.36. The molecule has 2 heterocycles. The van der Waals surface area contributed by atoms with Crippen LogP contribution in [0.2, 0.25) is 5.02 Å². The predicted octanol–water partition coefficient (Wildman–Crippen LogP) is 3.63. The van der Waals surface area contributed by atoms with Gasteiger partial charge >= 0.3 is 0 Å². The van der Waals surface area contributed by atoms with E-state index in [4.69, 9.17) is 11.6 Å². The van der Waals surface area contributed by atoms with E-state index in [0.29, 0.717) is 13.1 Å². The van der Waals surface area contributed by atoms with Gasteiger partial charge < -0.3 is 4.90 Å². The molecule has 0 unspecified atom stereocenters. The average Bonchev–Trinajstić information content (AvgIpc) is 2.90. The Hall–Kier alpha value is -1.39. The molecule has 1 aromatic carbocycles. The molecule has 0 bridgehead atoms. The fourth-order valence-corrected chi connectivity index (χ4v) is 3.56. The summed E-state index contributed by atoms with van der Waals surface area (Å²) < 4.78 is 0. The van der Waals surface area contributed by atoms with Crippen LogP contribution < -0.4 is 0 Å². The van der Waals surface area contributed by atoms with Gasteiger partial charge in [0.1, 0.15) is 5.01 Å². The maximum atomic E-state index is 11.4. The second kappa shape index (κ2) is 4.62. The topological polar surface area (TPSA) is 33.2 Å². The van der Waals surface area contributed by atoms with E-state index >= 15 is 0 Å². The minimum absolute atomic E-state index is 0.102. The van der Waals surface area contributed by atoms with Gasteiger partial charge in [-0.1, -0.05) is 23.7 Å². The zero-order valence-corrected chi connectivity index (χ0v) is 12.3. The average molecular weight is 293 g/mol. The Kier molecular flexibility index (Phi) is 3.07. The Morgan fingerprint density at radius 2 is 2.21 bits per heavy atom. The molecule has 0 fully saturated rings. The van der Waals surface area contributed by atoms with E-state index in [9.17, 15) is 4.79 Å². The van der Waals surface area contributed by atoms with Gasteiger partial charge in [-0.05, 0) is 18.6 Å². The van der Waals surface area contributed by atoms with Gasteiger partial charge in [0, 0.05) is 22.4 Å². The highest BCUT2D eigenvalue weighted by atomic mass is 35.5. The minimum atomic E-state index is 0.102. The number of hydrogen-bond donors (Lipinski definition) is 0. The van der Waals surface area contributed by atoms with E-state index in [-0.39, 0.29) is 5.91 Å². The van der Waals surface area contributed by atoms with Crippen molar-refractivity contribution in [3.8, 4) is 10.6 Å². The van der Waals surface area contributed by atoms with E-state index in [2.05, 4.69) is 4.98 Å². The highest BCUT2D eigenvalue weighted by molar-refractivity contribution is 7.15. The van der Waals surface area contributed by atoms with Gasteiger partial charge in [-0.2, -0.15) is 0 Å². The molecule has 0 aliphatic carbocycles. The lowest BCUT2D eigenvalue weighted by atomic mass is 10.1. The van der Waals surface area contributed by atoms with Crippen LogP contribution in [0.25, 0.3) is 10.6 Å². The van der Waals surface area contributed by atoms with Crippen molar-refractivity contribution in [3.63, 3.8) is 0 Å². The predicted molar refractivity (Wildman–Crippen MR) is 77.2 cm³/mol. The van der Waals surface area contributed by atoms with Crippen LogP contribution in [0.3, 0.4) is 0 Å². The Bertz CT molecular complexity index is 642. The van der Waals surface area contributed by atoms with Crippen molar-refractivity contribution in [1.82, 2.24) is 9.88 Å². The molecule has 0 saturated heterocycles. The largest absolute Gasteiger partial charge is 0.332 e. The van der Waals surface area contributed by atoms with E-state index in [1.165, 1.54) is 4.88 Å². The number of nitrogens with zero attached hydrogens (tertiary/aromatic N) is 2. The number of halogens is 1. The number of thiazole rings is 1. The number of rotatable bonds is 1. The molecule has 0 atom stereocenters. The van der Waals surface area contributed by atoms with Crippen LogP contribution >= 0.6 is 22.9 Å². The fourth-order valence-electron chi connectivity index (χ4n) is 2.22. The van der Waals surface area contributed by atoms with Crippen LogP contribution in [-0.4, -0.2) is 15.8 Å². The van der Waals surface area contributed by atoms with Crippen LogP contribution in [0, 0.1) is 6.92 Å². The normalized spacial score (nSPS) is 13.7. The number of benzene rings is 1. The van der Waals surface area contributed by atoms with Gasteiger partial charge in [-0.15, -0.1) is 11.3 Å². The molecule has 3 rings (SSSR count). The Morgan fingerprint density at radius 3 is 2.89 bits per heavy atom. The summed E-state index contributed by atoms with van der Waals surface area (Å²) in [5.41, 5.74) is 3.16. The molecule has 5 heteroatoms. The molecule has 1 aliphatic heterocycles. The third-order valence-corrected chi connectivity index (χ3v) is 4.92. The van der Waals surface area contributed by atoms with Crippen molar-refractivity contribution in [2.75, 3.05) is 0 Å². The maximum absolute atomic E-state index is 11.4. The van der Waals surface area contributed by atoms with Crippen molar-refractivity contribution >= 4 is 28.8 Å². The lowest BCUT2D eigenvalue weighted by Crippen LogP contribution is -2.22. The zero-order chi connectivity index (χ0) is 13.6. The Balaban J connectivity index is 1.96. The third kappa shape index (κ3) is 2.15. The van der Waals surface area contributed by atoms with Crippen molar-refractivity contribution < 1.29 is 4.79 Å². The molecule has 0 radical (unpaired) electrons. The van der Waals surface area contributed by atoms with Gasteiger partial charge in [0.25, 0.3) is 0 Å². The SMILES string of the molecule is CC(=O)N1Cc2nc(-c3cccc(Cl)c3C)sc2C1. The minimum Gasteiger partial charge on any atom is -0.332 e. The first-order valence-electron chi connectivity index (χ1n) is 6.06. The van der Waals surface area contributed by atoms with E-state index in [1.807, 2.05) is 30.0 Å².